The zero-order valence-corrected chi connectivity index (χ0v) is 11.5. The van der Waals surface area contributed by atoms with Crippen molar-refractivity contribution >= 4 is 5.91 Å². The highest BCUT2D eigenvalue weighted by atomic mass is 16.5. The first-order chi connectivity index (χ1) is 9.04. The standard InChI is InChI=1S/C15H21NO3/c1-11(2)10-19-14-5-3-12(4-6-14)7-15(18)16-8-13(17)9-16/h3-6,11,13,17H,7-10H2,1-2H3. The summed E-state index contributed by atoms with van der Waals surface area (Å²) in [6.07, 6.45) is 0.0488. The summed E-state index contributed by atoms with van der Waals surface area (Å²) >= 11 is 0. The van der Waals surface area contributed by atoms with Crippen LogP contribution in [0.5, 0.6) is 5.75 Å². The lowest BCUT2D eigenvalue weighted by molar-refractivity contribution is -0.140. The van der Waals surface area contributed by atoms with E-state index in [1.54, 1.807) is 4.90 Å². The lowest BCUT2D eigenvalue weighted by atomic mass is 10.1. The third kappa shape index (κ3) is 3.96. The fourth-order valence-corrected chi connectivity index (χ4v) is 1.91. The summed E-state index contributed by atoms with van der Waals surface area (Å²) in [7, 11) is 0. The molecule has 1 heterocycles. The lowest BCUT2D eigenvalue weighted by Crippen LogP contribution is -2.53. The first-order valence-electron chi connectivity index (χ1n) is 6.72. The van der Waals surface area contributed by atoms with Crippen molar-refractivity contribution in [2.24, 2.45) is 5.92 Å². The van der Waals surface area contributed by atoms with Crippen LogP contribution in [-0.4, -0.2) is 41.7 Å². The van der Waals surface area contributed by atoms with Crippen LogP contribution in [-0.2, 0) is 11.2 Å². The van der Waals surface area contributed by atoms with Crippen molar-refractivity contribution < 1.29 is 14.6 Å². The Balaban J connectivity index is 1.83. The van der Waals surface area contributed by atoms with Crippen LogP contribution in [0.1, 0.15) is 19.4 Å². The fourth-order valence-electron chi connectivity index (χ4n) is 1.91. The van der Waals surface area contributed by atoms with E-state index in [0.29, 0.717) is 32.0 Å². The van der Waals surface area contributed by atoms with Gasteiger partial charge in [-0.2, -0.15) is 0 Å². The van der Waals surface area contributed by atoms with E-state index < -0.39 is 0 Å². The molecule has 1 aromatic carbocycles. The van der Waals surface area contributed by atoms with Gasteiger partial charge in [0.05, 0.1) is 19.1 Å². The molecule has 0 atom stereocenters. The molecule has 0 bridgehead atoms. The van der Waals surface area contributed by atoms with Gasteiger partial charge in [-0.1, -0.05) is 26.0 Å². The van der Waals surface area contributed by atoms with Crippen molar-refractivity contribution in [1.29, 1.82) is 0 Å². The topological polar surface area (TPSA) is 49.8 Å². The van der Waals surface area contributed by atoms with E-state index in [1.165, 1.54) is 0 Å². The molecule has 1 aliphatic heterocycles. The summed E-state index contributed by atoms with van der Waals surface area (Å²) in [5.41, 5.74) is 0.975. The summed E-state index contributed by atoms with van der Waals surface area (Å²) < 4.78 is 5.59. The zero-order valence-electron chi connectivity index (χ0n) is 11.5. The minimum atomic E-state index is -0.337. The van der Waals surface area contributed by atoms with E-state index in [1.807, 2.05) is 24.3 Å². The van der Waals surface area contributed by atoms with Gasteiger partial charge in [-0.3, -0.25) is 4.79 Å². The molecular weight excluding hydrogens is 242 g/mol. The number of carbonyl (C=O) groups is 1. The molecule has 1 aliphatic rings. The fraction of sp³-hybridized carbons (Fsp3) is 0.533. The molecule has 0 aromatic heterocycles. The van der Waals surface area contributed by atoms with Gasteiger partial charge in [0.25, 0.3) is 0 Å². The van der Waals surface area contributed by atoms with Gasteiger partial charge in [0.1, 0.15) is 5.75 Å². The molecule has 4 heteroatoms. The van der Waals surface area contributed by atoms with Gasteiger partial charge in [-0.15, -0.1) is 0 Å². The smallest absolute Gasteiger partial charge is 0.227 e. The van der Waals surface area contributed by atoms with E-state index >= 15 is 0 Å². The summed E-state index contributed by atoms with van der Waals surface area (Å²) in [5.74, 6) is 1.41. The van der Waals surface area contributed by atoms with Crippen molar-refractivity contribution in [3.63, 3.8) is 0 Å². The van der Waals surface area contributed by atoms with Gasteiger partial charge in [-0.25, -0.2) is 0 Å². The van der Waals surface area contributed by atoms with E-state index in [4.69, 9.17) is 9.84 Å². The van der Waals surface area contributed by atoms with Crippen LogP contribution in [0.15, 0.2) is 24.3 Å². The molecule has 1 saturated heterocycles. The number of hydrogen-bond acceptors (Lipinski definition) is 3. The first-order valence-corrected chi connectivity index (χ1v) is 6.72. The number of benzene rings is 1. The average Bonchev–Trinajstić information content (AvgIpc) is 2.34. The highest BCUT2D eigenvalue weighted by Gasteiger charge is 2.28. The van der Waals surface area contributed by atoms with Crippen molar-refractivity contribution in [3.8, 4) is 5.75 Å². The monoisotopic (exact) mass is 263 g/mol. The Bertz CT molecular complexity index is 422. The second kappa shape index (κ2) is 6.06. The number of ether oxygens (including phenoxy) is 1. The van der Waals surface area contributed by atoms with Gasteiger partial charge in [0, 0.05) is 13.1 Å². The largest absolute Gasteiger partial charge is 0.493 e. The Morgan fingerprint density at radius 1 is 1.37 bits per heavy atom. The number of rotatable bonds is 5. The maximum Gasteiger partial charge on any atom is 0.227 e. The van der Waals surface area contributed by atoms with Crippen LogP contribution < -0.4 is 4.74 Å². The summed E-state index contributed by atoms with van der Waals surface area (Å²) in [6.45, 7) is 5.84. The Kier molecular flexibility index (Phi) is 4.43. The van der Waals surface area contributed by atoms with Crippen molar-refractivity contribution in [1.82, 2.24) is 4.90 Å². The molecule has 0 unspecified atom stereocenters. The molecule has 1 fully saturated rings. The summed E-state index contributed by atoms with van der Waals surface area (Å²) in [5, 5.41) is 9.16. The van der Waals surface area contributed by atoms with Gasteiger partial charge in [-0.05, 0) is 23.6 Å². The van der Waals surface area contributed by atoms with Crippen LogP contribution in [0, 0.1) is 5.92 Å². The Labute approximate surface area is 114 Å². The van der Waals surface area contributed by atoms with Crippen molar-refractivity contribution in [2.75, 3.05) is 19.7 Å². The maximum absolute atomic E-state index is 11.8. The second-order valence-corrected chi connectivity index (χ2v) is 5.48. The van der Waals surface area contributed by atoms with E-state index in [2.05, 4.69) is 13.8 Å². The van der Waals surface area contributed by atoms with Crippen LogP contribution in [0.4, 0.5) is 0 Å². The molecular formula is C15H21NO3. The Morgan fingerprint density at radius 2 is 2.00 bits per heavy atom. The third-order valence-electron chi connectivity index (χ3n) is 3.08. The third-order valence-corrected chi connectivity index (χ3v) is 3.08. The summed E-state index contributed by atoms with van der Waals surface area (Å²) in [6, 6.07) is 7.64. The van der Waals surface area contributed by atoms with E-state index in [0.717, 1.165) is 11.3 Å². The minimum absolute atomic E-state index is 0.0705. The first kappa shape index (κ1) is 13.9. The molecule has 0 spiro atoms. The summed E-state index contributed by atoms with van der Waals surface area (Å²) in [4.78, 5) is 13.5. The molecule has 0 radical (unpaired) electrons. The molecule has 0 aliphatic carbocycles. The van der Waals surface area contributed by atoms with Gasteiger partial charge < -0.3 is 14.7 Å². The number of likely N-dealkylation sites (tertiary alicyclic amines) is 1. The second-order valence-electron chi connectivity index (χ2n) is 5.48. The van der Waals surface area contributed by atoms with E-state index in [-0.39, 0.29) is 12.0 Å². The molecule has 0 saturated carbocycles. The average molecular weight is 263 g/mol. The van der Waals surface area contributed by atoms with Gasteiger partial charge in [0.15, 0.2) is 0 Å². The molecule has 1 aromatic rings. The SMILES string of the molecule is CC(C)COc1ccc(CC(=O)N2CC(O)C2)cc1. The quantitative estimate of drug-likeness (QED) is 0.875. The van der Waals surface area contributed by atoms with Crippen LogP contribution in [0.3, 0.4) is 0 Å². The zero-order chi connectivity index (χ0) is 13.8. The molecule has 1 amide bonds. The highest BCUT2D eigenvalue weighted by molar-refractivity contribution is 5.79. The molecule has 104 valence electrons. The van der Waals surface area contributed by atoms with Gasteiger partial charge >= 0.3 is 0 Å². The predicted octanol–water partition coefficient (Wildman–Crippen LogP) is 1.47. The Morgan fingerprint density at radius 3 is 2.53 bits per heavy atom. The lowest BCUT2D eigenvalue weighted by Gasteiger charge is -2.35. The number of aliphatic hydroxyl groups is 1. The molecule has 2 rings (SSSR count). The van der Waals surface area contributed by atoms with Crippen molar-refractivity contribution in [3.05, 3.63) is 29.8 Å². The maximum atomic E-state index is 11.8. The minimum Gasteiger partial charge on any atom is -0.493 e. The number of amides is 1. The molecule has 19 heavy (non-hydrogen) atoms. The number of hydrogen-bond donors (Lipinski definition) is 1. The Hall–Kier alpha value is -1.55. The van der Waals surface area contributed by atoms with Crippen molar-refractivity contribution in [2.45, 2.75) is 26.4 Å². The van der Waals surface area contributed by atoms with Crippen LogP contribution in [0.2, 0.25) is 0 Å². The number of nitrogens with zero attached hydrogens (tertiary/aromatic N) is 1. The highest BCUT2D eigenvalue weighted by Crippen LogP contribution is 2.15. The number of carbonyl (C=O) groups excluding carboxylic acids is 1. The van der Waals surface area contributed by atoms with Gasteiger partial charge in [0.2, 0.25) is 5.91 Å². The molecule has 1 N–H and O–H groups in total. The number of aliphatic hydroxyl groups excluding tert-OH is 1. The molecule has 4 nitrogen and oxygen atoms in total. The van der Waals surface area contributed by atoms with E-state index in [9.17, 15) is 4.79 Å². The van der Waals surface area contributed by atoms with Crippen LogP contribution >= 0.6 is 0 Å². The normalized spacial score (nSPS) is 15.5. The number of β-amino-alcohol motifs (C(OH)–C–C–N with tert-alkyl or cyclic N) is 1. The van der Waals surface area contributed by atoms with Crippen LogP contribution in [0.25, 0.3) is 0 Å². The predicted molar refractivity (Wildman–Crippen MR) is 73.1 cm³/mol.